The third kappa shape index (κ3) is 1.24. The van der Waals surface area contributed by atoms with Crippen LogP contribution in [0.5, 0.6) is 0 Å². The highest BCUT2D eigenvalue weighted by atomic mass is 16.5. The molecular formula is C12H9N3O. The fraction of sp³-hybridized carbons (Fsp3) is 0. The van der Waals surface area contributed by atoms with E-state index in [1.54, 1.807) is 0 Å². The number of nitrogens with zero attached hydrogens (tertiary/aromatic N) is 2. The van der Waals surface area contributed by atoms with E-state index in [1.165, 1.54) is 6.39 Å². The number of nitrogens with two attached hydrogens (primary N) is 1. The molecule has 0 aliphatic rings. The summed E-state index contributed by atoms with van der Waals surface area (Å²) in [6.45, 7) is 0. The van der Waals surface area contributed by atoms with Crippen LogP contribution in [0.15, 0.2) is 47.3 Å². The molecule has 0 saturated heterocycles. The van der Waals surface area contributed by atoms with Crippen molar-refractivity contribution in [3.8, 4) is 11.4 Å². The first-order valence-electron chi connectivity index (χ1n) is 4.90. The molecule has 0 radical (unpaired) electrons. The van der Waals surface area contributed by atoms with Crippen LogP contribution in [0, 0.1) is 0 Å². The van der Waals surface area contributed by atoms with Gasteiger partial charge in [-0.1, -0.05) is 35.5 Å². The van der Waals surface area contributed by atoms with E-state index in [4.69, 9.17) is 10.3 Å². The number of fused-ring (bicyclic) bond motifs is 1. The molecule has 3 aromatic rings. The third-order valence-electron chi connectivity index (χ3n) is 2.57. The molecule has 1 heterocycles. The molecule has 0 unspecified atom stereocenters. The number of nitrogen functional groups attached to an aromatic ring is 1. The van der Waals surface area contributed by atoms with Crippen molar-refractivity contribution in [3.05, 3.63) is 42.8 Å². The second kappa shape index (κ2) is 3.34. The number of hydrogen-bond donors (Lipinski definition) is 1. The Labute approximate surface area is 91.7 Å². The van der Waals surface area contributed by atoms with Crippen LogP contribution < -0.4 is 5.73 Å². The standard InChI is InChI=1S/C12H9N3O/c13-11-9-4-2-1-3-8(9)5-6-10(11)12-14-7-16-15-12/h1-7H,13H2. The number of aromatic nitrogens is 2. The van der Waals surface area contributed by atoms with Gasteiger partial charge < -0.3 is 10.3 Å². The van der Waals surface area contributed by atoms with Gasteiger partial charge in [-0.15, -0.1) is 0 Å². The predicted molar refractivity (Wildman–Crippen MR) is 61.7 cm³/mol. The molecule has 2 aromatic carbocycles. The van der Waals surface area contributed by atoms with Gasteiger partial charge in [0.05, 0.1) is 5.69 Å². The summed E-state index contributed by atoms with van der Waals surface area (Å²) in [5.41, 5.74) is 7.57. The Bertz CT molecular complexity index is 632. The Morgan fingerprint density at radius 1 is 1.06 bits per heavy atom. The summed E-state index contributed by atoms with van der Waals surface area (Å²) in [5.74, 6) is 0.517. The number of rotatable bonds is 1. The molecule has 0 amide bonds. The topological polar surface area (TPSA) is 64.9 Å². The van der Waals surface area contributed by atoms with Gasteiger partial charge in [-0.25, -0.2) is 0 Å². The first-order chi connectivity index (χ1) is 7.86. The highest BCUT2D eigenvalue weighted by Crippen LogP contribution is 2.30. The molecular weight excluding hydrogens is 202 g/mol. The lowest BCUT2D eigenvalue weighted by atomic mass is 10.0. The summed E-state index contributed by atoms with van der Waals surface area (Å²) >= 11 is 0. The van der Waals surface area contributed by atoms with Crippen LogP contribution in [0.25, 0.3) is 22.2 Å². The predicted octanol–water partition coefficient (Wildman–Crippen LogP) is 2.47. The van der Waals surface area contributed by atoms with E-state index in [1.807, 2.05) is 36.4 Å². The van der Waals surface area contributed by atoms with E-state index in [-0.39, 0.29) is 0 Å². The SMILES string of the molecule is Nc1c(-c2ncon2)ccc2ccccc12. The highest BCUT2D eigenvalue weighted by Gasteiger charge is 2.09. The van der Waals surface area contributed by atoms with Crippen LogP contribution in [-0.2, 0) is 0 Å². The average molecular weight is 211 g/mol. The molecule has 78 valence electrons. The maximum atomic E-state index is 6.09. The zero-order valence-corrected chi connectivity index (χ0v) is 8.42. The molecule has 0 atom stereocenters. The van der Waals surface area contributed by atoms with E-state index in [9.17, 15) is 0 Å². The lowest BCUT2D eigenvalue weighted by molar-refractivity contribution is 0.419. The van der Waals surface area contributed by atoms with Crippen LogP contribution in [0.1, 0.15) is 0 Å². The van der Waals surface area contributed by atoms with Gasteiger partial charge in [0, 0.05) is 10.9 Å². The van der Waals surface area contributed by atoms with Crippen molar-refractivity contribution < 1.29 is 4.52 Å². The maximum absolute atomic E-state index is 6.09. The Balaban J connectivity index is 2.32. The molecule has 3 rings (SSSR count). The summed E-state index contributed by atoms with van der Waals surface area (Å²) in [4.78, 5) is 4.00. The van der Waals surface area contributed by atoms with Crippen molar-refractivity contribution in [1.29, 1.82) is 0 Å². The Kier molecular flexibility index (Phi) is 1.86. The van der Waals surface area contributed by atoms with Crippen molar-refractivity contribution in [2.45, 2.75) is 0 Å². The lowest BCUT2D eigenvalue weighted by Gasteiger charge is -2.05. The van der Waals surface area contributed by atoms with Crippen molar-refractivity contribution >= 4 is 16.5 Å². The molecule has 1 aromatic heterocycles. The van der Waals surface area contributed by atoms with Crippen LogP contribution >= 0.6 is 0 Å². The van der Waals surface area contributed by atoms with E-state index >= 15 is 0 Å². The second-order valence-electron chi connectivity index (χ2n) is 3.50. The molecule has 0 aliphatic heterocycles. The van der Waals surface area contributed by atoms with Crippen molar-refractivity contribution in [3.63, 3.8) is 0 Å². The Hall–Kier alpha value is -2.36. The zero-order chi connectivity index (χ0) is 11.0. The third-order valence-corrected chi connectivity index (χ3v) is 2.57. The first-order valence-corrected chi connectivity index (χ1v) is 4.90. The Morgan fingerprint density at radius 2 is 1.94 bits per heavy atom. The smallest absolute Gasteiger partial charge is 0.214 e. The molecule has 0 bridgehead atoms. The quantitative estimate of drug-likeness (QED) is 0.628. The van der Waals surface area contributed by atoms with E-state index in [2.05, 4.69) is 10.1 Å². The van der Waals surface area contributed by atoms with Crippen LogP contribution in [-0.4, -0.2) is 10.1 Å². The van der Waals surface area contributed by atoms with Gasteiger partial charge >= 0.3 is 0 Å². The average Bonchev–Trinajstić information content (AvgIpc) is 2.83. The number of benzene rings is 2. The molecule has 0 saturated carbocycles. The lowest BCUT2D eigenvalue weighted by Crippen LogP contribution is -1.92. The maximum Gasteiger partial charge on any atom is 0.214 e. The van der Waals surface area contributed by atoms with Crippen molar-refractivity contribution in [2.24, 2.45) is 0 Å². The molecule has 4 heteroatoms. The zero-order valence-electron chi connectivity index (χ0n) is 8.42. The van der Waals surface area contributed by atoms with Gasteiger partial charge in [0.15, 0.2) is 0 Å². The highest BCUT2D eigenvalue weighted by molar-refractivity contribution is 5.99. The van der Waals surface area contributed by atoms with Gasteiger partial charge in [0.1, 0.15) is 0 Å². The summed E-state index contributed by atoms with van der Waals surface area (Å²) < 4.78 is 4.72. The minimum atomic E-state index is 0.517. The second-order valence-corrected chi connectivity index (χ2v) is 3.50. The Morgan fingerprint density at radius 3 is 2.75 bits per heavy atom. The molecule has 2 N–H and O–H groups in total. The minimum Gasteiger partial charge on any atom is -0.398 e. The van der Waals surface area contributed by atoms with Gasteiger partial charge in [-0.3, -0.25) is 0 Å². The van der Waals surface area contributed by atoms with Gasteiger partial charge in [0.25, 0.3) is 0 Å². The van der Waals surface area contributed by atoms with Crippen LogP contribution in [0.2, 0.25) is 0 Å². The molecule has 0 aliphatic carbocycles. The van der Waals surface area contributed by atoms with Crippen molar-refractivity contribution in [2.75, 3.05) is 5.73 Å². The molecule has 16 heavy (non-hydrogen) atoms. The van der Waals surface area contributed by atoms with Crippen LogP contribution in [0.3, 0.4) is 0 Å². The summed E-state index contributed by atoms with van der Waals surface area (Å²) in [6, 6.07) is 11.8. The van der Waals surface area contributed by atoms with E-state index in [0.29, 0.717) is 11.5 Å². The summed E-state index contributed by atoms with van der Waals surface area (Å²) in [5, 5.41) is 5.90. The number of hydrogen-bond acceptors (Lipinski definition) is 4. The monoisotopic (exact) mass is 211 g/mol. The van der Waals surface area contributed by atoms with Gasteiger partial charge in [-0.05, 0) is 11.5 Å². The summed E-state index contributed by atoms with van der Waals surface area (Å²) in [6.07, 6.45) is 1.30. The van der Waals surface area contributed by atoms with E-state index < -0.39 is 0 Å². The fourth-order valence-electron chi connectivity index (χ4n) is 1.78. The van der Waals surface area contributed by atoms with Gasteiger partial charge in [0.2, 0.25) is 12.2 Å². The number of anilines is 1. The van der Waals surface area contributed by atoms with Gasteiger partial charge in [-0.2, -0.15) is 4.98 Å². The molecule has 4 nitrogen and oxygen atoms in total. The molecule has 0 fully saturated rings. The minimum absolute atomic E-state index is 0.517. The first kappa shape index (κ1) is 8.91. The van der Waals surface area contributed by atoms with Crippen LogP contribution in [0.4, 0.5) is 5.69 Å². The fourth-order valence-corrected chi connectivity index (χ4v) is 1.78. The largest absolute Gasteiger partial charge is 0.398 e. The molecule has 0 spiro atoms. The summed E-state index contributed by atoms with van der Waals surface area (Å²) in [7, 11) is 0. The normalized spacial score (nSPS) is 10.8. The van der Waals surface area contributed by atoms with Crippen molar-refractivity contribution in [1.82, 2.24) is 10.1 Å². The van der Waals surface area contributed by atoms with E-state index in [0.717, 1.165) is 16.3 Å².